The highest BCUT2D eigenvalue weighted by molar-refractivity contribution is 5.56. The molecule has 0 aliphatic carbocycles. The molecule has 0 aromatic carbocycles. The number of hydrogen-bond donors (Lipinski definition) is 1. The van der Waals surface area contributed by atoms with Crippen molar-refractivity contribution in [1.29, 1.82) is 0 Å². The SMILES string of the molecule is O=CC1CC2CCC1N2. The Morgan fingerprint density at radius 2 is 2.33 bits per heavy atom. The summed E-state index contributed by atoms with van der Waals surface area (Å²) in [6, 6.07) is 1.21. The lowest BCUT2D eigenvalue weighted by Crippen LogP contribution is -2.23. The summed E-state index contributed by atoms with van der Waals surface area (Å²) in [5.74, 6) is 0.337. The highest BCUT2D eigenvalue weighted by Gasteiger charge is 2.38. The van der Waals surface area contributed by atoms with E-state index in [0.717, 1.165) is 12.7 Å². The molecule has 2 heteroatoms. The molecule has 2 aliphatic rings. The van der Waals surface area contributed by atoms with Crippen molar-refractivity contribution in [1.82, 2.24) is 5.32 Å². The minimum Gasteiger partial charge on any atom is -0.310 e. The van der Waals surface area contributed by atoms with E-state index in [-0.39, 0.29) is 0 Å². The monoisotopic (exact) mass is 125 g/mol. The van der Waals surface area contributed by atoms with E-state index >= 15 is 0 Å². The van der Waals surface area contributed by atoms with E-state index in [1.54, 1.807) is 0 Å². The second-order valence-corrected chi connectivity index (χ2v) is 3.08. The van der Waals surface area contributed by atoms with Gasteiger partial charge in [-0.15, -0.1) is 0 Å². The van der Waals surface area contributed by atoms with Crippen LogP contribution >= 0.6 is 0 Å². The molecule has 2 heterocycles. The Morgan fingerprint density at radius 1 is 1.44 bits per heavy atom. The van der Waals surface area contributed by atoms with E-state index in [1.807, 2.05) is 0 Å². The zero-order valence-corrected chi connectivity index (χ0v) is 5.34. The molecule has 50 valence electrons. The Kier molecular flexibility index (Phi) is 1.09. The molecule has 0 amide bonds. The number of carbonyl (C=O) groups excluding carboxylic acids is 1. The lowest BCUT2D eigenvalue weighted by Gasteiger charge is -2.12. The summed E-state index contributed by atoms with van der Waals surface area (Å²) in [6.07, 6.45) is 4.70. The summed E-state index contributed by atoms with van der Waals surface area (Å²) < 4.78 is 0. The Bertz CT molecular complexity index is 135. The van der Waals surface area contributed by atoms with E-state index in [2.05, 4.69) is 5.32 Å². The smallest absolute Gasteiger partial charge is 0.124 e. The van der Waals surface area contributed by atoms with Gasteiger partial charge in [-0.2, -0.15) is 0 Å². The standard InChI is InChI=1S/C7H11NO/c9-4-5-3-6-1-2-7(5)8-6/h4-8H,1-3H2. The molecule has 2 saturated heterocycles. The van der Waals surface area contributed by atoms with Crippen LogP contribution in [0.1, 0.15) is 19.3 Å². The summed E-state index contributed by atoms with van der Waals surface area (Å²) in [6.45, 7) is 0. The molecule has 2 bridgehead atoms. The number of nitrogens with one attached hydrogen (secondary N) is 1. The first-order valence-electron chi connectivity index (χ1n) is 3.61. The van der Waals surface area contributed by atoms with Gasteiger partial charge in [-0.25, -0.2) is 0 Å². The topological polar surface area (TPSA) is 29.1 Å². The Morgan fingerprint density at radius 3 is 2.67 bits per heavy atom. The molecule has 0 radical (unpaired) electrons. The van der Waals surface area contributed by atoms with Gasteiger partial charge in [-0.1, -0.05) is 0 Å². The zero-order chi connectivity index (χ0) is 6.27. The van der Waals surface area contributed by atoms with Crippen LogP contribution < -0.4 is 5.32 Å². The summed E-state index contributed by atoms with van der Waals surface area (Å²) >= 11 is 0. The van der Waals surface area contributed by atoms with Crippen LogP contribution in [0.5, 0.6) is 0 Å². The van der Waals surface area contributed by atoms with Gasteiger partial charge in [0.05, 0.1) is 0 Å². The number of rotatable bonds is 1. The van der Waals surface area contributed by atoms with Crippen LogP contribution in [-0.2, 0) is 4.79 Å². The summed E-state index contributed by atoms with van der Waals surface area (Å²) in [5, 5.41) is 3.40. The molecule has 1 N–H and O–H groups in total. The first kappa shape index (κ1) is 5.42. The minimum atomic E-state index is 0.337. The molecule has 2 rings (SSSR count). The molecule has 3 atom stereocenters. The lowest BCUT2D eigenvalue weighted by molar-refractivity contribution is -0.111. The molecule has 0 aromatic rings. The number of hydrogen-bond acceptors (Lipinski definition) is 2. The third-order valence-electron chi connectivity index (χ3n) is 2.52. The van der Waals surface area contributed by atoms with Gasteiger partial charge in [0, 0.05) is 18.0 Å². The number of aldehydes is 1. The molecule has 3 unspecified atom stereocenters. The van der Waals surface area contributed by atoms with Crippen molar-refractivity contribution in [2.45, 2.75) is 31.3 Å². The second-order valence-electron chi connectivity index (χ2n) is 3.08. The Labute approximate surface area is 54.6 Å². The van der Waals surface area contributed by atoms with E-state index in [0.29, 0.717) is 18.0 Å². The quantitative estimate of drug-likeness (QED) is 0.511. The fourth-order valence-electron chi connectivity index (χ4n) is 2.02. The van der Waals surface area contributed by atoms with E-state index < -0.39 is 0 Å². The highest BCUT2D eigenvalue weighted by atomic mass is 16.1. The molecule has 2 fully saturated rings. The molecule has 9 heavy (non-hydrogen) atoms. The van der Waals surface area contributed by atoms with E-state index in [9.17, 15) is 4.79 Å². The summed E-state index contributed by atoms with van der Waals surface area (Å²) in [5.41, 5.74) is 0. The van der Waals surface area contributed by atoms with Crippen LogP contribution in [0.4, 0.5) is 0 Å². The van der Waals surface area contributed by atoms with Gasteiger partial charge >= 0.3 is 0 Å². The van der Waals surface area contributed by atoms with Gasteiger partial charge in [0.1, 0.15) is 6.29 Å². The lowest BCUT2D eigenvalue weighted by atomic mass is 9.91. The first-order chi connectivity index (χ1) is 4.40. The van der Waals surface area contributed by atoms with Gasteiger partial charge < -0.3 is 10.1 Å². The van der Waals surface area contributed by atoms with E-state index in [4.69, 9.17) is 0 Å². The largest absolute Gasteiger partial charge is 0.310 e. The van der Waals surface area contributed by atoms with Gasteiger partial charge in [0.2, 0.25) is 0 Å². The number of carbonyl (C=O) groups is 1. The van der Waals surface area contributed by atoms with Crippen LogP contribution in [0.2, 0.25) is 0 Å². The van der Waals surface area contributed by atoms with Crippen molar-refractivity contribution in [2.75, 3.05) is 0 Å². The van der Waals surface area contributed by atoms with Gasteiger partial charge in [-0.05, 0) is 19.3 Å². The third kappa shape index (κ3) is 0.697. The van der Waals surface area contributed by atoms with Crippen molar-refractivity contribution >= 4 is 6.29 Å². The van der Waals surface area contributed by atoms with Gasteiger partial charge in [0.15, 0.2) is 0 Å². The normalized spacial score (nSPS) is 47.8. The Hall–Kier alpha value is -0.370. The first-order valence-corrected chi connectivity index (χ1v) is 3.61. The van der Waals surface area contributed by atoms with Crippen LogP contribution in [0.25, 0.3) is 0 Å². The minimum absolute atomic E-state index is 0.337. The highest BCUT2D eigenvalue weighted by Crippen LogP contribution is 2.31. The second kappa shape index (κ2) is 1.81. The van der Waals surface area contributed by atoms with Crippen molar-refractivity contribution in [3.63, 3.8) is 0 Å². The maximum Gasteiger partial charge on any atom is 0.124 e. The van der Waals surface area contributed by atoms with E-state index in [1.165, 1.54) is 12.8 Å². The molecule has 2 nitrogen and oxygen atoms in total. The zero-order valence-electron chi connectivity index (χ0n) is 5.34. The van der Waals surface area contributed by atoms with Gasteiger partial charge in [-0.3, -0.25) is 0 Å². The van der Waals surface area contributed by atoms with Crippen LogP contribution in [-0.4, -0.2) is 18.4 Å². The van der Waals surface area contributed by atoms with Crippen molar-refractivity contribution in [2.24, 2.45) is 5.92 Å². The Balaban J connectivity index is 2.09. The molecule has 2 aliphatic heterocycles. The maximum atomic E-state index is 10.4. The fraction of sp³-hybridized carbons (Fsp3) is 0.857. The molecular weight excluding hydrogens is 114 g/mol. The predicted molar refractivity (Wildman–Crippen MR) is 34.1 cm³/mol. The van der Waals surface area contributed by atoms with Crippen LogP contribution in [0, 0.1) is 5.92 Å². The molecular formula is C7H11NO. The van der Waals surface area contributed by atoms with Crippen molar-refractivity contribution < 1.29 is 4.79 Å². The van der Waals surface area contributed by atoms with Crippen LogP contribution in [0.3, 0.4) is 0 Å². The maximum absolute atomic E-state index is 10.4. The van der Waals surface area contributed by atoms with Gasteiger partial charge in [0.25, 0.3) is 0 Å². The molecule has 0 saturated carbocycles. The van der Waals surface area contributed by atoms with Crippen molar-refractivity contribution in [3.05, 3.63) is 0 Å². The summed E-state index contributed by atoms with van der Waals surface area (Å²) in [4.78, 5) is 10.4. The average Bonchev–Trinajstić information content (AvgIpc) is 2.45. The fourth-order valence-corrected chi connectivity index (χ4v) is 2.02. The third-order valence-corrected chi connectivity index (χ3v) is 2.52. The van der Waals surface area contributed by atoms with Crippen LogP contribution in [0.15, 0.2) is 0 Å². The average molecular weight is 125 g/mol. The summed E-state index contributed by atoms with van der Waals surface area (Å²) in [7, 11) is 0. The number of fused-ring (bicyclic) bond motifs is 2. The van der Waals surface area contributed by atoms with Crippen molar-refractivity contribution in [3.8, 4) is 0 Å². The molecule has 0 aromatic heterocycles. The molecule has 0 spiro atoms. The predicted octanol–water partition coefficient (Wildman–Crippen LogP) is 0.326.